The Hall–Kier alpha value is -2.92. The predicted molar refractivity (Wildman–Crippen MR) is 89.8 cm³/mol. The van der Waals surface area contributed by atoms with Crippen molar-refractivity contribution >= 4 is 35.5 Å². The summed E-state index contributed by atoms with van der Waals surface area (Å²) in [5.41, 5.74) is 1.94. The Balaban J connectivity index is 1.87. The van der Waals surface area contributed by atoms with Crippen molar-refractivity contribution in [3.8, 4) is 0 Å². The molecule has 0 fully saturated rings. The molecule has 0 bridgehead atoms. The first-order valence-electron chi connectivity index (χ1n) is 7.04. The third-order valence-corrected chi connectivity index (χ3v) is 3.56. The van der Waals surface area contributed by atoms with Gasteiger partial charge in [-0.1, -0.05) is 29.8 Å². The van der Waals surface area contributed by atoms with Crippen LogP contribution in [0.5, 0.6) is 0 Å². The molecule has 0 aromatic heterocycles. The van der Waals surface area contributed by atoms with Gasteiger partial charge < -0.3 is 9.47 Å². The minimum absolute atomic E-state index is 0.177. The van der Waals surface area contributed by atoms with Gasteiger partial charge in [-0.2, -0.15) is 0 Å². The van der Waals surface area contributed by atoms with E-state index in [9.17, 15) is 9.59 Å². The van der Waals surface area contributed by atoms with E-state index in [1.165, 1.54) is 7.11 Å². The number of carbonyl (C=O) groups excluding carboxylic acids is 2. The van der Waals surface area contributed by atoms with E-state index in [4.69, 9.17) is 16.3 Å². The van der Waals surface area contributed by atoms with Crippen LogP contribution in [0.2, 0.25) is 5.02 Å². The van der Waals surface area contributed by atoms with Crippen LogP contribution in [0.4, 0.5) is 0 Å². The van der Waals surface area contributed by atoms with Crippen LogP contribution in [-0.4, -0.2) is 24.9 Å². The lowest BCUT2D eigenvalue weighted by Gasteiger charge is -1.99. The number of nitrogens with zero attached hydrogens (tertiary/aromatic N) is 1. The molecular weight excluding hydrogens is 330 g/mol. The monoisotopic (exact) mass is 341 g/mol. The molecule has 1 aliphatic heterocycles. The van der Waals surface area contributed by atoms with E-state index in [-0.39, 0.29) is 11.6 Å². The van der Waals surface area contributed by atoms with Crippen LogP contribution in [0, 0.1) is 0 Å². The van der Waals surface area contributed by atoms with E-state index in [1.807, 2.05) is 0 Å². The molecule has 0 N–H and O–H groups in total. The SMILES string of the molecule is COC(=O)c1ccc(/C=C2/N=C(c3cccc(Cl)c3)OC2=O)cc1. The maximum Gasteiger partial charge on any atom is 0.363 e. The zero-order valence-electron chi connectivity index (χ0n) is 12.7. The molecule has 6 heteroatoms. The van der Waals surface area contributed by atoms with Crippen molar-refractivity contribution in [2.45, 2.75) is 0 Å². The number of cyclic esters (lactones) is 1. The van der Waals surface area contributed by atoms with Crippen LogP contribution in [-0.2, 0) is 14.3 Å². The third kappa shape index (κ3) is 3.36. The predicted octanol–water partition coefficient (Wildman–Crippen LogP) is 3.47. The number of carbonyl (C=O) groups is 2. The number of esters is 2. The molecule has 24 heavy (non-hydrogen) atoms. The summed E-state index contributed by atoms with van der Waals surface area (Å²) in [6, 6.07) is 13.5. The Morgan fingerprint density at radius 2 is 1.96 bits per heavy atom. The van der Waals surface area contributed by atoms with Crippen molar-refractivity contribution in [1.82, 2.24) is 0 Å². The number of hydrogen-bond donors (Lipinski definition) is 0. The van der Waals surface area contributed by atoms with Gasteiger partial charge in [-0.15, -0.1) is 0 Å². The Morgan fingerprint density at radius 3 is 2.62 bits per heavy atom. The highest BCUT2D eigenvalue weighted by Crippen LogP contribution is 2.21. The van der Waals surface area contributed by atoms with Crippen molar-refractivity contribution in [2.75, 3.05) is 7.11 Å². The average molecular weight is 342 g/mol. The summed E-state index contributed by atoms with van der Waals surface area (Å²) in [7, 11) is 1.32. The Kier molecular flexibility index (Phi) is 4.44. The summed E-state index contributed by atoms with van der Waals surface area (Å²) in [5, 5.41) is 0.530. The van der Waals surface area contributed by atoms with Gasteiger partial charge in [0.15, 0.2) is 5.70 Å². The van der Waals surface area contributed by atoms with Gasteiger partial charge >= 0.3 is 11.9 Å². The highest BCUT2D eigenvalue weighted by molar-refractivity contribution is 6.31. The average Bonchev–Trinajstić information content (AvgIpc) is 2.96. The second-order valence-electron chi connectivity index (χ2n) is 4.96. The van der Waals surface area contributed by atoms with Crippen LogP contribution in [0.25, 0.3) is 6.08 Å². The molecule has 0 amide bonds. The standard InChI is InChI=1S/C18H12ClNO4/c1-23-17(21)12-7-5-11(6-8-12)9-15-18(22)24-16(20-15)13-3-2-4-14(19)10-13/h2-10H,1H3/b15-9+. The number of methoxy groups -OCH3 is 1. The fourth-order valence-corrected chi connectivity index (χ4v) is 2.34. The molecule has 0 unspecified atom stereocenters. The number of rotatable bonds is 3. The van der Waals surface area contributed by atoms with Crippen LogP contribution < -0.4 is 0 Å². The summed E-state index contributed by atoms with van der Waals surface area (Å²) in [6.07, 6.45) is 1.58. The van der Waals surface area contributed by atoms with Crippen LogP contribution in [0.3, 0.4) is 0 Å². The molecule has 3 rings (SSSR count). The van der Waals surface area contributed by atoms with Crippen LogP contribution >= 0.6 is 11.6 Å². The van der Waals surface area contributed by atoms with Gasteiger partial charge in [0.1, 0.15) is 0 Å². The molecule has 2 aromatic rings. The lowest BCUT2D eigenvalue weighted by molar-refractivity contribution is -0.129. The summed E-state index contributed by atoms with van der Waals surface area (Å²) < 4.78 is 9.81. The number of aliphatic imine (C=N–C) groups is 1. The molecule has 120 valence electrons. The smallest absolute Gasteiger partial charge is 0.363 e. The van der Waals surface area contributed by atoms with Gasteiger partial charge in [-0.3, -0.25) is 0 Å². The van der Waals surface area contributed by atoms with E-state index in [0.717, 1.165) is 0 Å². The van der Waals surface area contributed by atoms with Gasteiger partial charge in [0.2, 0.25) is 5.90 Å². The van der Waals surface area contributed by atoms with Gasteiger partial charge in [-0.25, -0.2) is 14.6 Å². The lowest BCUT2D eigenvalue weighted by Crippen LogP contribution is -2.05. The highest BCUT2D eigenvalue weighted by atomic mass is 35.5. The molecule has 1 aliphatic rings. The number of ether oxygens (including phenoxy) is 2. The molecular formula is C18H12ClNO4. The summed E-state index contributed by atoms with van der Waals surface area (Å²) in [5.74, 6) is -0.752. The third-order valence-electron chi connectivity index (χ3n) is 3.33. The molecule has 5 nitrogen and oxygen atoms in total. The fourth-order valence-electron chi connectivity index (χ4n) is 2.15. The van der Waals surface area contributed by atoms with Crippen LogP contribution in [0.1, 0.15) is 21.5 Å². The summed E-state index contributed by atoms with van der Waals surface area (Å²) in [4.78, 5) is 27.6. The maximum atomic E-state index is 12.0. The molecule has 0 saturated heterocycles. The molecule has 0 aliphatic carbocycles. The minimum Gasteiger partial charge on any atom is -0.465 e. The fraction of sp³-hybridized carbons (Fsp3) is 0.0556. The van der Waals surface area contributed by atoms with Gasteiger partial charge in [0, 0.05) is 10.6 Å². The van der Waals surface area contributed by atoms with Crippen LogP contribution in [0.15, 0.2) is 59.2 Å². The van der Waals surface area contributed by atoms with Crippen molar-refractivity contribution < 1.29 is 19.1 Å². The topological polar surface area (TPSA) is 65.0 Å². The molecule has 0 atom stereocenters. The Morgan fingerprint density at radius 1 is 1.21 bits per heavy atom. The van der Waals surface area contributed by atoms with Crippen molar-refractivity contribution in [3.63, 3.8) is 0 Å². The second-order valence-corrected chi connectivity index (χ2v) is 5.40. The first-order valence-corrected chi connectivity index (χ1v) is 7.41. The van der Waals surface area contributed by atoms with Gasteiger partial charge in [-0.05, 0) is 42.0 Å². The largest absolute Gasteiger partial charge is 0.465 e. The quantitative estimate of drug-likeness (QED) is 0.633. The van der Waals surface area contributed by atoms with Gasteiger partial charge in [0.25, 0.3) is 0 Å². The Bertz CT molecular complexity index is 869. The summed E-state index contributed by atoms with van der Waals surface area (Å²) >= 11 is 5.93. The molecule has 1 heterocycles. The maximum absolute atomic E-state index is 12.0. The van der Waals surface area contributed by atoms with E-state index in [0.29, 0.717) is 21.7 Å². The zero-order chi connectivity index (χ0) is 17.1. The van der Waals surface area contributed by atoms with E-state index < -0.39 is 11.9 Å². The minimum atomic E-state index is -0.540. The van der Waals surface area contributed by atoms with E-state index >= 15 is 0 Å². The van der Waals surface area contributed by atoms with Crippen molar-refractivity contribution in [2.24, 2.45) is 4.99 Å². The van der Waals surface area contributed by atoms with Gasteiger partial charge in [0.05, 0.1) is 12.7 Å². The van der Waals surface area contributed by atoms with Crippen molar-refractivity contribution in [3.05, 3.63) is 75.9 Å². The first kappa shape index (κ1) is 16.0. The Labute approximate surface area is 143 Å². The first-order chi connectivity index (χ1) is 11.6. The molecule has 2 aromatic carbocycles. The summed E-state index contributed by atoms with van der Waals surface area (Å²) in [6.45, 7) is 0. The number of benzene rings is 2. The zero-order valence-corrected chi connectivity index (χ0v) is 13.4. The molecule has 0 saturated carbocycles. The number of hydrogen-bond acceptors (Lipinski definition) is 5. The highest BCUT2D eigenvalue weighted by Gasteiger charge is 2.24. The normalized spacial score (nSPS) is 15.2. The lowest BCUT2D eigenvalue weighted by atomic mass is 10.1. The second kappa shape index (κ2) is 6.68. The van der Waals surface area contributed by atoms with Crippen molar-refractivity contribution in [1.29, 1.82) is 0 Å². The molecule has 0 radical (unpaired) electrons. The number of halogens is 1. The van der Waals surface area contributed by atoms with E-state index in [1.54, 1.807) is 54.6 Å². The molecule has 0 spiro atoms. The van der Waals surface area contributed by atoms with E-state index in [2.05, 4.69) is 9.73 Å².